The molecule has 1 heterocycles. The molecule has 0 bridgehead atoms. The number of benzene rings is 2. The van der Waals surface area contributed by atoms with E-state index in [1.807, 2.05) is 42.5 Å². The normalized spacial score (nSPS) is 10.8. The average Bonchev–Trinajstić information content (AvgIpc) is 2.84. The average molecular weight is 476 g/mol. The number of anilines is 1. The highest BCUT2D eigenvalue weighted by Crippen LogP contribution is 2.38. The number of hydrogen-bond donors (Lipinski definition) is 1. The van der Waals surface area contributed by atoms with Gasteiger partial charge in [0.25, 0.3) is 0 Å². The van der Waals surface area contributed by atoms with Gasteiger partial charge in [-0.15, -0.1) is 0 Å². The molecule has 2 aromatic carbocycles. The van der Waals surface area contributed by atoms with Crippen LogP contribution in [0.25, 0.3) is 22.4 Å². The number of nitrogens with two attached hydrogens (primary N) is 1. The van der Waals surface area contributed by atoms with E-state index in [9.17, 15) is 0 Å². The van der Waals surface area contributed by atoms with Gasteiger partial charge in [-0.2, -0.15) is 0 Å². The van der Waals surface area contributed by atoms with E-state index < -0.39 is 0 Å². The monoisotopic (exact) mass is 474 g/mol. The SMILES string of the molecule is Nc1onc(-c2ccc(I)c(Cl)c2)c1-c1cccc(Br)c1. The minimum atomic E-state index is 0.290. The summed E-state index contributed by atoms with van der Waals surface area (Å²) >= 11 is 11.8. The van der Waals surface area contributed by atoms with Gasteiger partial charge in [-0.25, -0.2) is 0 Å². The van der Waals surface area contributed by atoms with Crippen molar-refractivity contribution in [1.82, 2.24) is 5.16 Å². The lowest BCUT2D eigenvalue weighted by Gasteiger charge is -2.05. The third kappa shape index (κ3) is 2.95. The smallest absolute Gasteiger partial charge is 0.230 e. The Balaban J connectivity index is 2.19. The first kappa shape index (κ1) is 14.9. The maximum Gasteiger partial charge on any atom is 0.230 e. The maximum absolute atomic E-state index is 6.19. The first-order valence-corrected chi connectivity index (χ1v) is 8.28. The second-order valence-electron chi connectivity index (χ2n) is 4.41. The molecular weight excluding hydrogens is 466 g/mol. The Morgan fingerprint density at radius 3 is 2.67 bits per heavy atom. The van der Waals surface area contributed by atoms with Crippen LogP contribution in [0.3, 0.4) is 0 Å². The molecule has 1 aromatic heterocycles. The third-order valence-electron chi connectivity index (χ3n) is 3.02. The van der Waals surface area contributed by atoms with Crippen LogP contribution < -0.4 is 5.73 Å². The Kier molecular flexibility index (Phi) is 4.24. The van der Waals surface area contributed by atoms with Crippen LogP contribution >= 0.6 is 50.1 Å². The molecule has 21 heavy (non-hydrogen) atoms. The van der Waals surface area contributed by atoms with Gasteiger partial charge in [0.15, 0.2) is 0 Å². The van der Waals surface area contributed by atoms with Crippen molar-refractivity contribution in [3.63, 3.8) is 0 Å². The summed E-state index contributed by atoms with van der Waals surface area (Å²) in [5, 5.41) is 4.76. The lowest BCUT2D eigenvalue weighted by molar-refractivity contribution is 0.439. The van der Waals surface area contributed by atoms with Crippen molar-refractivity contribution in [1.29, 1.82) is 0 Å². The van der Waals surface area contributed by atoms with E-state index >= 15 is 0 Å². The van der Waals surface area contributed by atoms with Crippen molar-refractivity contribution in [2.45, 2.75) is 0 Å². The zero-order valence-electron chi connectivity index (χ0n) is 10.6. The topological polar surface area (TPSA) is 52.0 Å². The highest BCUT2D eigenvalue weighted by Gasteiger charge is 2.18. The molecule has 0 atom stereocenters. The van der Waals surface area contributed by atoms with Crippen molar-refractivity contribution >= 4 is 56.0 Å². The zero-order chi connectivity index (χ0) is 15.0. The van der Waals surface area contributed by atoms with Crippen molar-refractivity contribution < 1.29 is 4.52 Å². The van der Waals surface area contributed by atoms with Gasteiger partial charge in [0.1, 0.15) is 5.69 Å². The van der Waals surface area contributed by atoms with Gasteiger partial charge >= 0.3 is 0 Å². The molecule has 6 heteroatoms. The molecule has 3 aromatic rings. The van der Waals surface area contributed by atoms with Gasteiger partial charge in [0, 0.05) is 13.6 Å². The predicted molar refractivity (Wildman–Crippen MR) is 97.2 cm³/mol. The largest absolute Gasteiger partial charge is 0.367 e. The molecule has 0 aliphatic carbocycles. The quantitative estimate of drug-likeness (QED) is 0.490. The van der Waals surface area contributed by atoms with Crippen LogP contribution in [0.15, 0.2) is 51.5 Å². The summed E-state index contributed by atoms with van der Waals surface area (Å²) in [5.74, 6) is 0.290. The highest BCUT2D eigenvalue weighted by molar-refractivity contribution is 14.1. The molecule has 0 saturated heterocycles. The van der Waals surface area contributed by atoms with Crippen LogP contribution in [-0.4, -0.2) is 5.16 Å². The number of nitrogens with zero attached hydrogens (tertiary/aromatic N) is 1. The standard InChI is InChI=1S/C15H9BrClIN2O/c16-10-3-1-2-8(6-10)13-14(20-21-15(13)19)9-4-5-12(18)11(17)7-9/h1-7H,19H2. The Hall–Kier alpha value is -1.05. The minimum Gasteiger partial charge on any atom is -0.367 e. The molecule has 3 nitrogen and oxygen atoms in total. The Bertz CT molecular complexity index is 819. The summed E-state index contributed by atoms with van der Waals surface area (Å²) in [6, 6.07) is 13.6. The van der Waals surface area contributed by atoms with Gasteiger partial charge in [-0.05, 0) is 52.4 Å². The summed E-state index contributed by atoms with van der Waals surface area (Å²) in [5.41, 5.74) is 9.21. The van der Waals surface area contributed by atoms with Gasteiger partial charge in [-0.1, -0.05) is 50.9 Å². The molecule has 2 N–H and O–H groups in total. The van der Waals surface area contributed by atoms with Gasteiger partial charge in [0.2, 0.25) is 5.88 Å². The molecule has 106 valence electrons. The van der Waals surface area contributed by atoms with Crippen molar-refractivity contribution in [3.05, 3.63) is 55.5 Å². The molecule has 0 fully saturated rings. The third-order valence-corrected chi connectivity index (χ3v) is 5.09. The van der Waals surface area contributed by atoms with Crippen molar-refractivity contribution in [3.8, 4) is 22.4 Å². The van der Waals surface area contributed by atoms with E-state index in [0.717, 1.165) is 24.7 Å². The summed E-state index contributed by atoms with van der Waals surface area (Å²) < 4.78 is 7.13. The number of aromatic nitrogens is 1. The first-order chi connectivity index (χ1) is 10.1. The van der Waals surface area contributed by atoms with E-state index in [1.54, 1.807) is 0 Å². The molecule has 0 saturated carbocycles. The van der Waals surface area contributed by atoms with Crippen LogP contribution in [0.4, 0.5) is 5.88 Å². The lowest BCUT2D eigenvalue weighted by Crippen LogP contribution is -1.88. The lowest BCUT2D eigenvalue weighted by atomic mass is 10.0. The van der Waals surface area contributed by atoms with E-state index in [2.05, 4.69) is 43.7 Å². The summed E-state index contributed by atoms with van der Waals surface area (Å²) in [6.45, 7) is 0. The van der Waals surface area contributed by atoms with Crippen LogP contribution in [-0.2, 0) is 0 Å². The number of halogens is 3. The first-order valence-electron chi connectivity index (χ1n) is 6.03. The second kappa shape index (κ2) is 5.98. The Morgan fingerprint density at radius 1 is 1.14 bits per heavy atom. The highest BCUT2D eigenvalue weighted by atomic mass is 127. The Labute approximate surface area is 148 Å². The fourth-order valence-corrected chi connectivity index (χ4v) is 2.98. The van der Waals surface area contributed by atoms with Gasteiger partial charge in [0.05, 0.1) is 10.6 Å². The molecule has 0 aliphatic rings. The molecule has 0 unspecified atom stereocenters. The van der Waals surface area contributed by atoms with Crippen LogP contribution in [0.5, 0.6) is 0 Å². The van der Waals surface area contributed by atoms with Gasteiger partial charge < -0.3 is 10.3 Å². The van der Waals surface area contributed by atoms with Gasteiger partial charge in [-0.3, -0.25) is 0 Å². The molecular formula is C15H9BrClIN2O. The van der Waals surface area contributed by atoms with E-state index in [4.69, 9.17) is 21.9 Å². The molecule has 0 aliphatic heterocycles. The fourth-order valence-electron chi connectivity index (χ4n) is 2.07. The molecule has 0 amide bonds. The number of nitrogen functional groups attached to an aromatic ring is 1. The van der Waals surface area contributed by atoms with Crippen molar-refractivity contribution in [2.24, 2.45) is 0 Å². The summed E-state index contributed by atoms with van der Waals surface area (Å²) in [7, 11) is 0. The Morgan fingerprint density at radius 2 is 1.95 bits per heavy atom. The van der Waals surface area contributed by atoms with Crippen LogP contribution in [0, 0.1) is 3.57 Å². The second-order valence-corrected chi connectivity index (χ2v) is 6.89. The maximum atomic E-state index is 6.19. The summed E-state index contributed by atoms with van der Waals surface area (Å²) in [6.07, 6.45) is 0. The number of rotatable bonds is 2. The fraction of sp³-hybridized carbons (Fsp3) is 0. The van der Waals surface area contributed by atoms with E-state index in [-0.39, 0.29) is 5.88 Å². The summed E-state index contributed by atoms with van der Waals surface area (Å²) in [4.78, 5) is 0. The molecule has 0 radical (unpaired) electrons. The zero-order valence-corrected chi connectivity index (χ0v) is 15.1. The van der Waals surface area contributed by atoms with E-state index in [1.165, 1.54) is 0 Å². The van der Waals surface area contributed by atoms with Crippen LogP contribution in [0.2, 0.25) is 5.02 Å². The number of hydrogen-bond acceptors (Lipinski definition) is 3. The predicted octanol–water partition coefficient (Wildman–Crippen LogP) is 5.61. The van der Waals surface area contributed by atoms with E-state index in [0.29, 0.717) is 10.7 Å². The van der Waals surface area contributed by atoms with Crippen molar-refractivity contribution in [2.75, 3.05) is 5.73 Å². The molecule has 3 rings (SSSR count). The van der Waals surface area contributed by atoms with Crippen LogP contribution in [0.1, 0.15) is 0 Å². The molecule has 0 spiro atoms. The minimum absolute atomic E-state index is 0.290.